The molecule has 4 N–H and O–H groups in total. The second kappa shape index (κ2) is 4.50. The molecule has 0 amide bonds. The van der Waals surface area contributed by atoms with Crippen LogP contribution >= 0.6 is 12.4 Å². The molecule has 100 valence electrons. The lowest BCUT2D eigenvalue weighted by Gasteiger charge is -2.03. The van der Waals surface area contributed by atoms with E-state index in [0.717, 1.165) is 27.7 Å². The Balaban J connectivity index is 0.00000121. The highest BCUT2D eigenvalue weighted by Gasteiger charge is 2.09. The van der Waals surface area contributed by atoms with E-state index in [9.17, 15) is 0 Å². The molecule has 0 unspecified atom stereocenters. The van der Waals surface area contributed by atoms with E-state index in [1.807, 2.05) is 24.3 Å². The molecule has 3 aromatic heterocycles. The SMILES string of the molecule is Cl.Nc1nc2cc(-c3cc[nH]n3)ccc2c2[nH]cnc12. The molecule has 0 fully saturated rings. The highest BCUT2D eigenvalue weighted by Crippen LogP contribution is 2.28. The molecule has 3 heterocycles. The van der Waals surface area contributed by atoms with Gasteiger partial charge in [-0.3, -0.25) is 5.10 Å². The van der Waals surface area contributed by atoms with Gasteiger partial charge in [0.25, 0.3) is 0 Å². The van der Waals surface area contributed by atoms with Crippen molar-refractivity contribution in [2.75, 3.05) is 5.73 Å². The van der Waals surface area contributed by atoms with Crippen molar-refractivity contribution in [3.63, 3.8) is 0 Å². The summed E-state index contributed by atoms with van der Waals surface area (Å²) in [4.78, 5) is 11.7. The van der Waals surface area contributed by atoms with Crippen LogP contribution in [0.5, 0.6) is 0 Å². The Morgan fingerprint density at radius 2 is 2.05 bits per heavy atom. The van der Waals surface area contributed by atoms with Crippen molar-refractivity contribution in [2.45, 2.75) is 0 Å². The first-order valence-electron chi connectivity index (χ1n) is 5.85. The lowest BCUT2D eigenvalue weighted by atomic mass is 10.1. The number of nitrogen functional groups attached to an aromatic ring is 1. The highest BCUT2D eigenvalue weighted by atomic mass is 35.5. The maximum Gasteiger partial charge on any atom is 0.152 e. The Bertz CT molecular complexity index is 881. The van der Waals surface area contributed by atoms with Crippen molar-refractivity contribution in [1.29, 1.82) is 0 Å². The van der Waals surface area contributed by atoms with E-state index in [0.29, 0.717) is 11.3 Å². The number of nitrogens with two attached hydrogens (primary N) is 1. The van der Waals surface area contributed by atoms with Gasteiger partial charge in [-0.2, -0.15) is 5.10 Å². The third-order valence-corrected chi connectivity index (χ3v) is 3.19. The van der Waals surface area contributed by atoms with E-state index >= 15 is 0 Å². The van der Waals surface area contributed by atoms with Gasteiger partial charge in [0, 0.05) is 17.1 Å². The molecular weight excluding hydrogens is 276 g/mol. The molecule has 4 aromatic rings. The first-order chi connectivity index (χ1) is 9.33. The largest absolute Gasteiger partial charge is 0.382 e. The van der Waals surface area contributed by atoms with Gasteiger partial charge in [0.2, 0.25) is 0 Å². The van der Waals surface area contributed by atoms with Crippen LogP contribution < -0.4 is 5.73 Å². The molecule has 1 aromatic carbocycles. The van der Waals surface area contributed by atoms with E-state index in [1.54, 1.807) is 12.5 Å². The molecule has 0 aliphatic rings. The zero-order valence-electron chi connectivity index (χ0n) is 10.3. The van der Waals surface area contributed by atoms with Crippen LogP contribution in [0.3, 0.4) is 0 Å². The van der Waals surface area contributed by atoms with Gasteiger partial charge in [-0.25, -0.2) is 9.97 Å². The van der Waals surface area contributed by atoms with Crippen molar-refractivity contribution in [1.82, 2.24) is 25.1 Å². The number of H-pyrrole nitrogens is 2. The molecule has 0 spiro atoms. The van der Waals surface area contributed by atoms with E-state index < -0.39 is 0 Å². The number of nitrogens with one attached hydrogen (secondary N) is 2. The normalized spacial score (nSPS) is 10.8. The van der Waals surface area contributed by atoms with Crippen molar-refractivity contribution >= 4 is 40.2 Å². The van der Waals surface area contributed by atoms with Gasteiger partial charge < -0.3 is 10.7 Å². The molecule has 0 saturated heterocycles. The second-order valence-corrected chi connectivity index (χ2v) is 4.31. The summed E-state index contributed by atoms with van der Waals surface area (Å²) in [6, 6.07) is 7.91. The second-order valence-electron chi connectivity index (χ2n) is 4.31. The van der Waals surface area contributed by atoms with Crippen molar-refractivity contribution in [2.24, 2.45) is 0 Å². The van der Waals surface area contributed by atoms with E-state index in [-0.39, 0.29) is 12.4 Å². The van der Waals surface area contributed by atoms with Crippen LogP contribution in [-0.4, -0.2) is 25.1 Å². The maximum absolute atomic E-state index is 5.92. The van der Waals surface area contributed by atoms with Crippen LogP contribution in [0.25, 0.3) is 33.2 Å². The molecule has 4 rings (SSSR count). The average molecular weight is 287 g/mol. The molecule has 0 radical (unpaired) electrons. The molecule has 0 aliphatic heterocycles. The number of hydrogen-bond donors (Lipinski definition) is 3. The fourth-order valence-corrected chi connectivity index (χ4v) is 2.29. The average Bonchev–Trinajstić information content (AvgIpc) is 3.10. The van der Waals surface area contributed by atoms with E-state index in [4.69, 9.17) is 5.73 Å². The smallest absolute Gasteiger partial charge is 0.152 e. The minimum absolute atomic E-state index is 0. The van der Waals surface area contributed by atoms with Crippen LogP contribution in [0.2, 0.25) is 0 Å². The van der Waals surface area contributed by atoms with Crippen LogP contribution in [-0.2, 0) is 0 Å². The summed E-state index contributed by atoms with van der Waals surface area (Å²) in [7, 11) is 0. The highest BCUT2D eigenvalue weighted by molar-refractivity contribution is 6.06. The molecule has 7 heteroatoms. The molecule has 6 nitrogen and oxygen atoms in total. The fourth-order valence-electron chi connectivity index (χ4n) is 2.29. The van der Waals surface area contributed by atoms with Crippen LogP contribution in [0.15, 0.2) is 36.8 Å². The van der Waals surface area contributed by atoms with Crippen molar-refractivity contribution in [3.8, 4) is 11.3 Å². The molecule has 0 bridgehead atoms. The van der Waals surface area contributed by atoms with Crippen LogP contribution in [0, 0.1) is 0 Å². The van der Waals surface area contributed by atoms with Crippen molar-refractivity contribution in [3.05, 3.63) is 36.8 Å². The first kappa shape index (κ1) is 12.4. The number of benzene rings is 1. The quantitative estimate of drug-likeness (QED) is 0.501. The Hall–Kier alpha value is -2.60. The van der Waals surface area contributed by atoms with Gasteiger partial charge >= 0.3 is 0 Å². The molecule has 0 aliphatic carbocycles. The minimum atomic E-state index is 0. The number of hydrogen-bond acceptors (Lipinski definition) is 4. The lowest BCUT2D eigenvalue weighted by molar-refractivity contribution is 1.10. The number of halogens is 1. The van der Waals surface area contributed by atoms with Gasteiger partial charge in [0.05, 0.1) is 23.1 Å². The summed E-state index contributed by atoms with van der Waals surface area (Å²) in [5.74, 6) is 0.433. The lowest BCUT2D eigenvalue weighted by Crippen LogP contribution is -1.93. The molecular formula is C13H11ClN6. The van der Waals surface area contributed by atoms with Gasteiger partial charge in [-0.1, -0.05) is 6.07 Å². The third kappa shape index (κ3) is 1.70. The maximum atomic E-state index is 5.92. The van der Waals surface area contributed by atoms with E-state index in [2.05, 4.69) is 25.1 Å². The molecule has 0 saturated carbocycles. The summed E-state index contributed by atoms with van der Waals surface area (Å²) >= 11 is 0. The topological polar surface area (TPSA) is 96.3 Å². The monoisotopic (exact) mass is 286 g/mol. The molecule has 20 heavy (non-hydrogen) atoms. The number of imidazole rings is 1. The number of nitrogens with zero attached hydrogens (tertiary/aromatic N) is 3. The van der Waals surface area contributed by atoms with Crippen molar-refractivity contribution < 1.29 is 0 Å². The Labute approximate surface area is 119 Å². The summed E-state index contributed by atoms with van der Waals surface area (Å²) in [5.41, 5.74) is 10.3. The summed E-state index contributed by atoms with van der Waals surface area (Å²) < 4.78 is 0. The van der Waals surface area contributed by atoms with Crippen LogP contribution in [0.1, 0.15) is 0 Å². The fraction of sp³-hybridized carbons (Fsp3) is 0. The minimum Gasteiger partial charge on any atom is -0.382 e. The molecule has 0 atom stereocenters. The predicted molar refractivity (Wildman–Crippen MR) is 80.6 cm³/mol. The standard InChI is InChI=1S/C13H10N6.ClH/c14-13-12-11(15-6-16-12)8-2-1-7(5-10(8)18-13)9-3-4-17-19-9;/h1-6H,(H2,14,18)(H,15,16)(H,17,19);1H. The van der Waals surface area contributed by atoms with Gasteiger partial charge in [0.15, 0.2) is 5.82 Å². The number of pyridine rings is 1. The number of fused-ring (bicyclic) bond motifs is 3. The number of anilines is 1. The summed E-state index contributed by atoms with van der Waals surface area (Å²) in [6.07, 6.45) is 3.42. The first-order valence-corrected chi connectivity index (χ1v) is 5.85. The number of aromatic amines is 2. The summed E-state index contributed by atoms with van der Waals surface area (Å²) in [5, 5.41) is 7.97. The van der Waals surface area contributed by atoms with Gasteiger partial charge in [0.1, 0.15) is 5.52 Å². The van der Waals surface area contributed by atoms with Gasteiger partial charge in [-0.05, 0) is 18.2 Å². The zero-order chi connectivity index (χ0) is 12.8. The van der Waals surface area contributed by atoms with Gasteiger partial charge in [-0.15, -0.1) is 12.4 Å². The number of rotatable bonds is 1. The zero-order valence-corrected chi connectivity index (χ0v) is 11.1. The Kier molecular flexibility index (Phi) is 2.80. The number of aromatic nitrogens is 5. The third-order valence-electron chi connectivity index (χ3n) is 3.19. The Morgan fingerprint density at radius 1 is 1.15 bits per heavy atom. The predicted octanol–water partition coefficient (Wildman–Crippen LogP) is 2.51. The Morgan fingerprint density at radius 3 is 2.85 bits per heavy atom. The van der Waals surface area contributed by atoms with E-state index in [1.165, 1.54) is 0 Å². The summed E-state index contributed by atoms with van der Waals surface area (Å²) in [6.45, 7) is 0. The van der Waals surface area contributed by atoms with Crippen LogP contribution in [0.4, 0.5) is 5.82 Å².